The first-order valence-corrected chi connectivity index (χ1v) is 9.02. The van der Waals surface area contributed by atoms with E-state index in [1.165, 1.54) is 7.11 Å². The summed E-state index contributed by atoms with van der Waals surface area (Å²) < 4.78 is 10.3. The number of hydrogen-bond donors (Lipinski definition) is 2. The van der Waals surface area contributed by atoms with Gasteiger partial charge in [-0.15, -0.1) is 0 Å². The molecule has 0 bridgehead atoms. The fourth-order valence-corrected chi connectivity index (χ4v) is 2.97. The van der Waals surface area contributed by atoms with Crippen molar-refractivity contribution in [2.75, 3.05) is 13.7 Å². The Morgan fingerprint density at radius 1 is 1.41 bits per heavy atom. The Bertz CT molecular complexity index is 864. The number of hydrogen-bond acceptors (Lipinski definition) is 6. The summed E-state index contributed by atoms with van der Waals surface area (Å²) in [6.45, 7) is 6.10. The Hall–Kier alpha value is -2.48. The maximum Gasteiger partial charge on any atom is 0.334 e. The normalized spacial score (nSPS) is 15.7. The maximum atomic E-state index is 12.9. The summed E-state index contributed by atoms with van der Waals surface area (Å²) in [4.78, 5) is 28.5. The lowest BCUT2D eigenvalue weighted by atomic mass is 9.89. The number of amides is 1. The molecule has 1 fully saturated rings. The summed E-state index contributed by atoms with van der Waals surface area (Å²) in [5.74, 6) is -1.18. The van der Waals surface area contributed by atoms with Gasteiger partial charge in [0.15, 0.2) is 6.10 Å². The number of pyridine rings is 1. The highest BCUT2D eigenvalue weighted by atomic mass is 16.5. The SMILES string of the molecule is COC(CNC(=O)c1cc(C2CC2)nc2onc(CC(C)(C)C)c12)C(=O)O. The van der Waals surface area contributed by atoms with Crippen LogP contribution in [0, 0.1) is 5.41 Å². The largest absolute Gasteiger partial charge is 0.479 e. The Kier molecular flexibility index (Phi) is 5.19. The molecule has 8 nitrogen and oxygen atoms in total. The standard InChI is InChI=1S/C19H25N3O5/c1-19(2,3)8-13-15-11(16(23)20-9-14(26-4)18(24)25)7-12(10-5-6-10)21-17(15)27-22-13/h7,10,14H,5-6,8-9H2,1-4H3,(H,20,23)(H,24,25). The van der Waals surface area contributed by atoms with Gasteiger partial charge in [-0.3, -0.25) is 4.79 Å². The van der Waals surface area contributed by atoms with Gasteiger partial charge in [-0.05, 0) is 30.7 Å². The molecule has 0 radical (unpaired) electrons. The average Bonchev–Trinajstić information content (AvgIpc) is 3.36. The lowest BCUT2D eigenvalue weighted by molar-refractivity contribution is -0.148. The van der Waals surface area contributed by atoms with Crippen molar-refractivity contribution in [2.45, 2.75) is 52.1 Å². The second kappa shape index (κ2) is 7.26. The molecule has 1 aliphatic carbocycles. The van der Waals surface area contributed by atoms with Gasteiger partial charge >= 0.3 is 5.97 Å². The number of methoxy groups -OCH3 is 1. The molecule has 2 aromatic rings. The van der Waals surface area contributed by atoms with E-state index in [1.54, 1.807) is 6.07 Å². The molecular formula is C19H25N3O5. The Balaban J connectivity index is 1.96. The molecule has 1 unspecified atom stereocenters. The van der Waals surface area contributed by atoms with Crippen LogP contribution in [0.1, 0.15) is 61.3 Å². The summed E-state index contributed by atoms with van der Waals surface area (Å²) in [7, 11) is 1.29. The first kappa shape index (κ1) is 19.3. The van der Waals surface area contributed by atoms with E-state index in [1.807, 2.05) is 0 Å². The predicted octanol–water partition coefficient (Wildman–Crippen LogP) is 2.52. The quantitative estimate of drug-likeness (QED) is 0.764. The van der Waals surface area contributed by atoms with E-state index < -0.39 is 12.1 Å². The van der Waals surface area contributed by atoms with Crippen LogP contribution in [-0.4, -0.2) is 46.9 Å². The van der Waals surface area contributed by atoms with Gasteiger partial charge in [0, 0.05) is 18.7 Å². The second-order valence-corrected chi connectivity index (χ2v) is 8.19. The summed E-state index contributed by atoms with van der Waals surface area (Å²) in [5, 5.41) is 16.5. The number of fused-ring (bicyclic) bond motifs is 1. The molecule has 0 aliphatic heterocycles. The first-order chi connectivity index (χ1) is 12.7. The third-order valence-corrected chi connectivity index (χ3v) is 4.48. The molecule has 27 heavy (non-hydrogen) atoms. The van der Waals surface area contributed by atoms with Crippen LogP contribution in [0.2, 0.25) is 0 Å². The lowest BCUT2D eigenvalue weighted by Gasteiger charge is -2.16. The summed E-state index contributed by atoms with van der Waals surface area (Å²) in [6.07, 6.45) is 1.59. The van der Waals surface area contributed by atoms with Crippen molar-refractivity contribution in [2.24, 2.45) is 5.41 Å². The highest BCUT2D eigenvalue weighted by molar-refractivity contribution is 6.06. The molecule has 1 atom stereocenters. The minimum atomic E-state index is -1.13. The molecule has 0 aromatic carbocycles. The minimum Gasteiger partial charge on any atom is -0.479 e. The topological polar surface area (TPSA) is 115 Å². The monoisotopic (exact) mass is 375 g/mol. The van der Waals surface area contributed by atoms with Crippen LogP contribution in [-0.2, 0) is 16.0 Å². The summed E-state index contributed by atoms with van der Waals surface area (Å²) >= 11 is 0. The second-order valence-electron chi connectivity index (χ2n) is 8.19. The Morgan fingerprint density at radius 3 is 2.67 bits per heavy atom. The molecule has 146 valence electrons. The van der Waals surface area contributed by atoms with E-state index >= 15 is 0 Å². The highest BCUT2D eigenvalue weighted by Crippen LogP contribution is 2.40. The van der Waals surface area contributed by atoms with Crippen molar-refractivity contribution >= 4 is 23.0 Å². The first-order valence-electron chi connectivity index (χ1n) is 9.02. The number of carbonyl (C=O) groups is 2. The zero-order chi connectivity index (χ0) is 19.8. The molecule has 2 heterocycles. The number of carbonyl (C=O) groups excluding carboxylic acids is 1. The number of aliphatic carboxylic acids is 1. The van der Waals surface area contributed by atoms with Gasteiger partial charge in [-0.1, -0.05) is 25.9 Å². The van der Waals surface area contributed by atoms with Gasteiger partial charge < -0.3 is 19.7 Å². The third-order valence-electron chi connectivity index (χ3n) is 4.48. The van der Waals surface area contributed by atoms with Crippen molar-refractivity contribution in [3.8, 4) is 0 Å². The van der Waals surface area contributed by atoms with Crippen LogP contribution in [0.3, 0.4) is 0 Å². The van der Waals surface area contributed by atoms with Gasteiger partial charge in [0.05, 0.1) is 23.2 Å². The number of nitrogens with zero attached hydrogens (tertiary/aromatic N) is 2. The van der Waals surface area contributed by atoms with E-state index in [9.17, 15) is 9.59 Å². The Labute approximate surface area is 157 Å². The van der Waals surface area contributed by atoms with E-state index in [0.29, 0.717) is 34.7 Å². The lowest BCUT2D eigenvalue weighted by Crippen LogP contribution is -2.38. The number of ether oxygens (including phenoxy) is 1. The smallest absolute Gasteiger partial charge is 0.334 e. The zero-order valence-electron chi connectivity index (χ0n) is 16.0. The molecule has 3 rings (SSSR count). The van der Waals surface area contributed by atoms with Crippen molar-refractivity contribution in [3.05, 3.63) is 23.0 Å². The van der Waals surface area contributed by atoms with E-state index in [0.717, 1.165) is 18.5 Å². The van der Waals surface area contributed by atoms with Crippen molar-refractivity contribution in [1.82, 2.24) is 15.5 Å². The predicted molar refractivity (Wildman–Crippen MR) is 97.7 cm³/mol. The van der Waals surface area contributed by atoms with E-state index in [4.69, 9.17) is 14.4 Å². The molecule has 1 amide bonds. The number of aromatic nitrogens is 2. The van der Waals surface area contributed by atoms with Crippen LogP contribution in [0.15, 0.2) is 10.6 Å². The van der Waals surface area contributed by atoms with Gasteiger partial charge in [-0.2, -0.15) is 0 Å². The fraction of sp³-hybridized carbons (Fsp3) is 0.579. The van der Waals surface area contributed by atoms with Crippen LogP contribution in [0.25, 0.3) is 11.1 Å². The van der Waals surface area contributed by atoms with Gasteiger partial charge in [-0.25, -0.2) is 9.78 Å². The fourth-order valence-electron chi connectivity index (χ4n) is 2.97. The minimum absolute atomic E-state index is 0.0445. The van der Waals surface area contributed by atoms with Crippen molar-refractivity contribution in [3.63, 3.8) is 0 Å². The van der Waals surface area contributed by atoms with Gasteiger partial charge in [0.1, 0.15) is 0 Å². The molecule has 1 aliphatic rings. The molecule has 2 N–H and O–H groups in total. The van der Waals surface area contributed by atoms with E-state index in [2.05, 4.69) is 36.2 Å². The zero-order valence-corrected chi connectivity index (χ0v) is 16.0. The Morgan fingerprint density at radius 2 is 2.11 bits per heavy atom. The molecule has 0 saturated heterocycles. The van der Waals surface area contributed by atoms with Crippen LogP contribution in [0.4, 0.5) is 0 Å². The molecular weight excluding hydrogens is 350 g/mol. The van der Waals surface area contributed by atoms with Gasteiger partial charge in [0.2, 0.25) is 0 Å². The molecule has 8 heteroatoms. The maximum absolute atomic E-state index is 12.9. The average molecular weight is 375 g/mol. The van der Waals surface area contributed by atoms with Crippen LogP contribution in [0.5, 0.6) is 0 Å². The third kappa shape index (κ3) is 4.44. The summed E-state index contributed by atoms with van der Waals surface area (Å²) in [5.41, 5.74) is 2.22. The van der Waals surface area contributed by atoms with E-state index in [-0.39, 0.29) is 17.9 Å². The van der Waals surface area contributed by atoms with Crippen LogP contribution >= 0.6 is 0 Å². The number of nitrogens with one attached hydrogen (secondary N) is 1. The molecule has 0 spiro atoms. The van der Waals surface area contributed by atoms with Gasteiger partial charge in [0.25, 0.3) is 11.6 Å². The van der Waals surface area contributed by atoms with Crippen LogP contribution < -0.4 is 5.32 Å². The molecule has 1 saturated carbocycles. The number of carboxylic acids is 1. The number of rotatable bonds is 7. The number of carboxylic acid groups (broad SMARTS) is 1. The highest BCUT2D eigenvalue weighted by Gasteiger charge is 2.30. The van der Waals surface area contributed by atoms with Crippen molar-refractivity contribution < 1.29 is 24.0 Å². The van der Waals surface area contributed by atoms with Crippen molar-refractivity contribution in [1.29, 1.82) is 0 Å². The molecule has 2 aromatic heterocycles. The summed E-state index contributed by atoms with van der Waals surface area (Å²) in [6, 6.07) is 1.78.